The van der Waals surface area contributed by atoms with Crippen molar-refractivity contribution in [3.8, 4) is 0 Å². The summed E-state index contributed by atoms with van der Waals surface area (Å²) in [7, 11) is 0. The molecule has 1 aromatic rings. The molecule has 13 heavy (non-hydrogen) atoms. The standard InChI is InChI=1S/C9H10ClNO2/c10-7-3-1-6(2-4-7)5-8(11)9(12)13/h1-4,8,10H,5,11H2/p+1. The van der Waals surface area contributed by atoms with Crippen molar-refractivity contribution in [1.82, 2.24) is 0 Å². The van der Waals surface area contributed by atoms with E-state index < -0.39 is 12.0 Å². The zero-order valence-corrected chi connectivity index (χ0v) is 7.75. The molecule has 1 rings (SSSR count). The van der Waals surface area contributed by atoms with Gasteiger partial charge in [-0.2, -0.15) is 0 Å². The normalized spacial score (nSPS) is 12.5. The molecule has 0 aliphatic carbocycles. The van der Waals surface area contributed by atoms with Gasteiger partial charge in [-0.15, -0.1) is 0 Å². The van der Waals surface area contributed by atoms with Gasteiger partial charge in [0.15, 0.2) is 11.6 Å². The maximum absolute atomic E-state index is 10.4. The summed E-state index contributed by atoms with van der Waals surface area (Å²) in [5.74, 6) is -0.984. The van der Waals surface area contributed by atoms with Crippen LogP contribution in [0.4, 0.5) is 0 Å². The molecule has 3 nitrogen and oxygen atoms in total. The quantitative estimate of drug-likeness (QED) is 0.740. The fourth-order valence-electron chi connectivity index (χ4n) is 0.967. The zero-order chi connectivity index (χ0) is 9.84. The van der Waals surface area contributed by atoms with E-state index in [-0.39, 0.29) is 0 Å². The molecule has 70 valence electrons. The van der Waals surface area contributed by atoms with E-state index in [0.29, 0.717) is 6.42 Å². The second kappa shape index (κ2) is 4.25. The highest BCUT2D eigenvalue weighted by Crippen LogP contribution is 2.06. The van der Waals surface area contributed by atoms with Gasteiger partial charge < -0.3 is 10.8 Å². The van der Waals surface area contributed by atoms with Gasteiger partial charge in [0.25, 0.3) is 0 Å². The Kier molecular flexibility index (Phi) is 3.28. The lowest BCUT2D eigenvalue weighted by molar-refractivity contribution is -0.288. The van der Waals surface area contributed by atoms with Crippen LogP contribution in [0.3, 0.4) is 0 Å². The predicted octanol–water partition coefficient (Wildman–Crippen LogP) is 0.337. The molecule has 0 aromatic heterocycles. The van der Waals surface area contributed by atoms with Crippen LogP contribution in [0.2, 0.25) is 5.02 Å². The minimum absolute atomic E-state index is 0.338. The summed E-state index contributed by atoms with van der Waals surface area (Å²) in [6.45, 7) is 0. The van der Waals surface area contributed by atoms with Crippen LogP contribution in [0.1, 0.15) is 5.56 Å². The van der Waals surface area contributed by atoms with Crippen molar-refractivity contribution in [3.05, 3.63) is 34.9 Å². The Hall–Kier alpha value is -1.06. The fourth-order valence-corrected chi connectivity index (χ4v) is 1.10. The number of aliphatic carboxylic acids is 1. The lowest BCUT2D eigenvalue weighted by Crippen LogP contribution is -2.32. The van der Waals surface area contributed by atoms with E-state index in [1.54, 1.807) is 24.3 Å². The molecule has 0 saturated carbocycles. The highest BCUT2D eigenvalue weighted by Gasteiger charge is 2.11. The van der Waals surface area contributed by atoms with Crippen LogP contribution in [0.25, 0.3) is 0 Å². The van der Waals surface area contributed by atoms with Gasteiger partial charge in [-0.25, -0.2) is 0 Å². The summed E-state index contributed by atoms with van der Waals surface area (Å²) in [6, 6.07) is 6.28. The summed E-state index contributed by atoms with van der Waals surface area (Å²) in [6.07, 6.45) is 0.338. The number of carbonyl (C=O) groups is 1. The van der Waals surface area contributed by atoms with E-state index in [1.165, 1.54) is 0 Å². The average molecular weight is 201 g/mol. The van der Waals surface area contributed by atoms with Crippen LogP contribution in [-0.2, 0) is 11.2 Å². The first-order valence-corrected chi connectivity index (χ1v) is 4.25. The van der Waals surface area contributed by atoms with Crippen LogP contribution in [-0.4, -0.2) is 17.1 Å². The van der Waals surface area contributed by atoms with Gasteiger partial charge >= 0.3 is 5.97 Å². The third-order valence-electron chi connectivity index (χ3n) is 1.70. The van der Waals surface area contributed by atoms with E-state index in [0.717, 1.165) is 10.6 Å². The minimum atomic E-state index is -0.984. The smallest absolute Gasteiger partial charge is 0.320 e. The molecule has 0 saturated heterocycles. The molecule has 0 heterocycles. The van der Waals surface area contributed by atoms with E-state index in [2.05, 4.69) is 0 Å². The number of hydrogen-bond donors (Lipinski definition) is 2. The number of hydrogen-bond acceptors (Lipinski definition) is 2. The summed E-state index contributed by atoms with van der Waals surface area (Å²) in [4.78, 5) is 10.4. The van der Waals surface area contributed by atoms with Gasteiger partial charge in [0.2, 0.25) is 5.02 Å². The summed E-state index contributed by atoms with van der Waals surface area (Å²) >= 11 is 4.89. The predicted molar refractivity (Wildman–Crippen MR) is 46.3 cm³/mol. The molecule has 1 atom stereocenters. The first-order chi connectivity index (χ1) is 6.09. The molecule has 0 aliphatic heterocycles. The number of nitrogens with two attached hydrogens (primary N) is 1. The lowest BCUT2D eigenvalue weighted by atomic mass is 10.1. The molecule has 1 unspecified atom stereocenters. The van der Waals surface area contributed by atoms with Crippen molar-refractivity contribution in [2.75, 3.05) is 0 Å². The molecular weight excluding hydrogens is 190 g/mol. The molecule has 1 aromatic carbocycles. The summed E-state index contributed by atoms with van der Waals surface area (Å²) in [5.41, 5.74) is 6.25. The largest absolute Gasteiger partial charge is 0.480 e. The number of halogens is 1. The maximum Gasteiger partial charge on any atom is 0.320 e. The molecular formula is C9H11ClNO2+. The molecule has 0 aliphatic rings. The van der Waals surface area contributed by atoms with Crippen molar-refractivity contribution in [3.63, 3.8) is 0 Å². The van der Waals surface area contributed by atoms with Gasteiger partial charge in [0, 0.05) is 12.1 Å². The molecule has 0 fully saturated rings. The Labute approximate surface area is 81.1 Å². The zero-order valence-electron chi connectivity index (χ0n) is 6.93. The van der Waals surface area contributed by atoms with Gasteiger partial charge in [-0.05, 0) is 12.0 Å². The van der Waals surface area contributed by atoms with Crippen LogP contribution in [0.5, 0.6) is 0 Å². The summed E-state index contributed by atoms with van der Waals surface area (Å²) in [5, 5.41) is 9.30. The van der Waals surface area contributed by atoms with Crippen molar-refractivity contribution in [2.24, 2.45) is 5.73 Å². The van der Waals surface area contributed by atoms with Crippen molar-refractivity contribution in [2.45, 2.75) is 12.5 Å². The second-order valence-electron chi connectivity index (χ2n) is 2.79. The molecule has 0 amide bonds. The number of carboxylic acid groups (broad SMARTS) is 1. The Morgan fingerprint density at radius 1 is 1.46 bits per heavy atom. The third kappa shape index (κ3) is 3.05. The van der Waals surface area contributed by atoms with Crippen LogP contribution >= 0.6 is 0 Å². The first-order valence-electron chi connectivity index (χ1n) is 3.84. The minimum Gasteiger partial charge on any atom is -0.480 e. The highest BCUT2D eigenvalue weighted by molar-refractivity contribution is 5.73. The Morgan fingerprint density at radius 2 is 2.00 bits per heavy atom. The van der Waals surface area contributed by atoms with Crippen molar-refractivity contribution >= 4 is 5.97 Å². The SMILES string of the molecule is NC(Cc1ccc([ClH+])cc1)C(=O)O. The third-order valence-corrected chi connectivity index (χ3v) is 1.97. The number of rotatable bonds is 3. The topological polar surface area (TPSA) is 63.3 Å². The van der Waals surface area contributed by atoms with Gasteiger partial charge in [-0.1, -0.05) is 12.1 Å². The van der Waals surface area contributed by atoms with Gasteiger partial charge in [0.05, 0.1) is 0 Å². The number of carboxylic acids is 1. The fraction of sp³-hybridized carbons (Fsp3) is 0.222. The molecule has 0 spiro atoms. The first kappa shape index (κ1) is 10.0. The van der Waals surface area contributed by atoms with E-state index >= 15 is 0 Å². The average Bonchev–Trinajstić information content (AvgIpc) is 2.08. The van der Waals surface area contributed by atoms with Crippen molar-refractivity contribution in [1.29, 1.82) is 0 Å². The molecule has 3 N–H and O–H groups in total. The van der Waals surface area contributed by atoms with E-state index in [1.807, 2.05) is 0 Å². The maximum atomic E-state index is 10.4. The lowest BCUT2D eigenvalue weighted by Gasteiger charge is -2.04. The Bertz CT molecular complexity index is 297. The van der Waals surface area contributed by atoms with Crippen LogP contribution in [0, 0.1) is 11.6 Å². The van der Waals surface area contributed by atoms with Crippen LogP contribution < -0.4 is 5.73 Å². The van der Waals surface area contributed by atoms with Crippen molar-refractivity contribution < 1.29 is 21.5 Å². The molecule has 4 heteroatoms. The molecule has 0 bridgehead atoms. The van der Waals surface area contributed by atoms with Crippen LogP contribution in [0.15, 0.2) is 24.3 Å². The van der Waals surface area contributed by atoms with E-state index in [4.69, 9.17) is 22.4 Å². The highest BCUT2D eigenvalue weighted by atomic mass is 35.5. The van der Waals surface area contributed by atoms with Gasteiger partial charge in [-0.3, -0.25) is 4.79 Å². The monoisotopic (exact) mass is 200 g/mol. The summed E-state index contributed by atoms with van der Waals surface area (Å²) < 4.78 is 0. The molecule has 0 radical (unpaired) electrons. The Morgan fingerprint density at radius 3 is 2.46 bits per heavy atom. The second-order valence-corrected chi connectivity index (χ2v) is 3.26. The Balaban J connectivity index is 2.64. The van der Waals surface area contributed by atoms with E-state index in [9.17, 15) is 4.79 Å². The van der Waals surface area contributed by atoms with Gasteiger partial charge in [0.1, 0.15) is 6.04 Å². The number of benzene rings is 1.